The predicted molar refractivity (Wildman–Crippen MR) is 58.7 cm³/mol. The van der Waals surface area contributed by atoms with E-state index in [-0.39, 0.29) is 11.6 Å². The second-order valence-electron chi connectivity index (χ2n) is 4.19. The van der Waals surface area contributed by atoms with Crippen LogP contribution in [0.5, 0.6) is 0 Å². The van der Waals surface area contributed by atoms with E-state index >= 15 is 0 Å². The molecule has 1 aromatic carbocycles. The van der Waals surface area contributed by atoms with Gasteiger partial charge >= 0.3 is 5.97 Å². The molecule has 15 heavy (non-hydrogen) atoms. The minimum Gasteiger partial charge on any atom is -0.455 e. The van der Waals surface area contributed by atoms with Crippen molar-refractivity contribution in [1.29, 1.82) is 0 Å². The molecule has 0 atom stereocenters. The van der Waals surface area contributed by atoms with Crippen molar-refractivity contribution in [2.24, 2.45) is 0 Å². The summed E-state index contributed by atoms with van der Waals surface area (Å²) in [5.74, 6) is -0.179. The van der Waals surface area contributed by atoms with Crippen molar-refractivity contribution in [1.82, 2.24) is 0 Å². The number of carbonyl (C=O) groups excluding carboxylic acids is 1. The smallest absolute Gasteiger partial charge is 0.338 e. The molecule has 1 saturated carbocycles. The monoisotopic (exact) mass is 204 g/mol. The Hall–Kier alpha value is -1.31. The van der Waals surface area contributed by atoms with E-state index in [9.17, 15) is 4.79 Å². The van der Waals surface area contributed by atoms with Crippen LogP contribution in [0.1, 0.15) is 43.0 Å². The van der Waals surface area contributed by atoms with Crippen molar-refractivity contribution in [3.63, 3.8) is 0 Å². The van der Waals surface area contributed by atoms with Crippen LogP contribution in [0.25, 0.3) is 0 Å². The first-order valence-electron chi connectivity index (χ1n) is 5.54. The number of hydrogen-bond donors (Lipinski definition) is 0. The molecule has 1 aliphatic rings. The molecule has 0 heterocycles. The summed E-state index contributed by atoms with van der Waals surface area (Å²) in [6.45, 7) is 2.12. The highest BCUT2D eigenvalue weighted by molar-refractivity contribution is 5.89. The lowest BCUT2D eigenvalue weighted by molar-refractivity contribution is 0.0201. The van der Waals surface area contributed by atoms with E-state index in [4.69, 9.17) is 4.74 Å². The van der Waals surface area contributed by atoms with Crippen molar-refractivity contribution in [3.05, 3.63) is 35.9 Å². The molecule has 0 aromatic heterocycles. The third-order valence-electron chi connectivity index (χ3n) is 2.83. The summed E-state index contributed by atoms with van der Waals surface area (Å²) in [5, 5.41) is 0. The molecule has 1 aromatic rings. The van der Waals surface area contributed by atoms with Crippen LogP contribution in [0.15, 0.2) is 30.3 Å². The highest BCUT2D eigenvalue weighted by atomic mass is 16.6. The molecule has 0 N–H and O–H groups in total. The lowest BCUT2D eigenvalue weighted by Crippen LogP contribution is -2.19. The van der Waals surface area contributed by atoms with Crippen molar-refractivity contribution in [2.45, 2.75) is 38.2 Å². The molecule has 0 amide bonds. The molecule has 0 spiro atoms. The molecule has 80 valence electrons. The summed E-state index contributed by atoms with van der Waals surface area (Å²) in [4.78, 5) is 11.8. The molecule has 1 fully saturated rings. The number of benzene rings is 1. The SMILES string of the molecule is CCCC1(OC(=O)c2ccccc2)CC1. The number of esters is 1. The quantitative estimate of drug-likeness (QED) is 0.704. The second kappa shape index (κ2) is 4.05. The van der Waals surface area contributed by atoms with E-state index in [1.54, 1.807) is 12.1 Å². The highest BCUT2D eigenvalue weighted by Crippen LogP contribution is 2.44. The zero-order valence-corrected chi connectivity index (χ0v) is 9.03. The molecule has 2 nitrogen and oxygen atoms in total. The Balaban J connectivity index is 1.99. The third kappa shape index (κ3) is 2.38. The number of carbonyl (C=O) groups is 1. The maximum Gasteiger partial charge on any atom is 0.338 e. The molecule has 2 rings (SSSR count). The van der Waals surface area contributed by atoms with Crippen molar-refractivity contribution >= 4 is 5.97 Å². The molecule has 0 unspecified atom stereocenters. The van der Waals surface area contributed by atoms with E-state index < -0.39 is 0 Å². The summed E-state index contributed by atoms with van der Waals surface area (Å²) >= 11 is 0. The maximum atomic E-state index is 11.8. The van der Waals surface area contributed by atoms with Crippen LogP contribution in [0.4, 0.5) is 0 Å². The van der Waals surface area contributed by atoms with Gasteiger partial charge in [-0.3, -0.25) is 0 Å². The maximum absolute atomic E-state index is 11.8. The molecular weight excluding hydrogens is 188 g/mol. The van der Waals surface area contributed by atoms with E-state index in [1.165, 1.54) is 0 Å². The number of ether oxygens (including phenoxy) is 1. The average molecular weight is 204 g/mol. The lowest BCUT2D eigenvalue weighted by Gasteiger charge is -2.15. The molecule has 0 aliphatic heterocycles. The predicted octanol–water partition coefficient (Wildman–Crippen LogP) is 3.18. The topological polar surface area (TPSA) is 26.3 Å². The van der Waals surface area contributed by atoms with Gasteiger partial charge in [0.15, 0.2) is 0 Å². The Kier molecular flexibility index (Phi) is 2.76. The Morgan fingerprint density at radius 3 is 2.53 bits per heavy atom. The third-order valence-corrected chi connectivity index (χ3v) is 2.83. The molecule has 0 radical (unpaired) electrons. The Bertz CT molecular complexity index is 339. The van der Waals surface area contributed by atoms with Crippen LogP contribution >= 0.6 is 0 Å². The van der Waals surface area contributed by atoms with Gasteiger partial charge in [0.25, 0.3) is 0 Å². The van der Waals surface area contributed by atoms with Crippen molar-refractivity contribution in [2.75, 3.05) is 0 Å². The Morgan fingerprint density at radius 2 is 2.00 bits per heavy atom. The van der Waals surface area contributed by atoms with Crippen LogP contribution in [0, 0.1) is 0 Å². The summed E-state index contributed by atoms with van der Waals surface area (Å²) in [5.41, 5.74) is 0.529. The molecular formula is C13H16O2. The average Bonchev–Trinajstić information content (AvgIpc) is 3.00. The van der Waals surface area contributed by atoms with Gasteiger partial charge in [-0.2, -0.15) is 0 Å². The zero-order valence-electron chi connectivity index (χ0n) is 9.03. The van der Waals surface area contributed by atoms with Crippen LogP contribution < -0.4 is 0 Å². The van der Waals surface area contributed by atoms with E-state index in [2.05, 4.69) is 6.92 Å². The van der Waals surface area contributed by atoms with E-state index in [0.29, 0.717) is 5.56 Å². The van der Waals surface area contributed by atoms with Crippen LogP contribution in [0.2, 0.25) is 0 Å². The summed E-state index contributed by atoms with van der Waals surface area (Å²) in [7, 11) is 0. The van der Waals surface area contributed by atoms with Gasteiger partial charge in [-0.15, -0.1) is 0 Å². The highest BCUT2D eigenvalue weighted by Gasteiger charge is 2.45. The normalized spacial score (nSPS) is 17.1. The van der Waals surface area contributed by atoms with Gasteiger partial charge in [0.05, 0.1) is 5.56 Å². The molecule has 0 saturated heterocycles. The number of rotatable bonds is 4. The fraction of sp³-hybridized carbons (Fsp3) is 0.462. The first-order valence-corrected chi connectivity index (χ1v) is 5.54. The van der Waals surface area contributed by atoms with E-state index in [1.807, 2.05) is 18.2 Å². The van der Waals surface area contributed by atoms with Gasteiger partial charge in [0.2, 0.25) is 0 Å². The lowest BCUT2D eigenvalue weighted by atomic mass is 10.2. The van der Waals surface area contributed by atoms with Gasteiger partial charge in [0, 0.05) is 0 Å². The molecule has 1 aliphatic carbocycles. The Labute approximate surface area is 90.3 Å². The van der Waals surface area contributed by atoms with Crippen LogP contribution in [-0.2, 0) is 4.74 Å². The Morgan fingerprint density at radius 1 is 1.33 bits per heavy atom. The van der Waals surface area contributed by atoms with Gasteiger partial charge in [0.1, 0.15) is 5.60 Å². The fourth-order valence-corrected chi connectivity index (χ4v) is 1.83. The minimum absolute atomic E-state index is 0.123. The first kappa shape index (κ1) is 10.2. The second-order valence-corrected chi connectivity index (χ2v) is 4.19. The summed E-state index contributed by atoms with van der Waals surface area (Å²) < 4.78 is 5.54. The van der Waals surface area contributed by atoms with Crippen molar-refractivity contribution in [3.8, 4) is 0 Å². The summed E-state index contributed by atoms with van der Waals surface area (Å²) in [6.07, 6.45) is 4.12. The minimum atomic E-state index is -0.179. The van der Waals surface area contributed by atoms with Gasteiger partial charge in [-0.05, 0) is 31.4 Å². The number of hydrogen-bond acceptors (Lipinski definition) is 2. The fourth-order valence-electron chi connectivity index (χ4n) is 1.83. The first-order chi connectivity index (χ1) is 7.26. The summed E-state index contributed by atoms with van der Waals surface area (Å²) in [6, 6.07) is 9.20. The largest absolute Gasteiger partial charge is 0.455 e. The molecule has 0 bridgehead atoms. The van der Waals surface area contributed by atoms with Gasteiger partial charge < -0.3 is 4.74 Å². The van der Waals surface area contributed by atoms with Gasteiger partial charge in [-0.1, -0.05) is 31.5 Å². The van der Waals surface area contributed by atoms with Crippen LogP contribution in [0.3, 0.4) is 0 Å². The zero-order chi connectivity index (χ0) is 10.7. The van der Waals surface area contributed by atoms with E-state index in [0.717, 1.165) is 25.7 Å². The van der Waals surface area contributed by atoms with Gasteiger partial charge in [-0.25, -0.2) is 4.79 Å². The van der Waals surface area contributed by atoms with Crippen molar-refractivity contribution < 1.29 is 9.53 Å². The standard InChI is InChI=1S/C13H16O2/c1-2-8-13(9-10-13)15-12(14)11-6-4-3-5-7-11/h3-7H,2,8-10H2,1H3. The van der Waals surface area contributed by atoms with Crippen LogP contribution in [-0.4, -0.2) is 11.6 Å². The molecule has 2 heteroatoms.